The van der Waals surface area contributed by atoms with Gasteiger partial charge in [-0.2, -0.15) is 5.26 Å². The number of rotatable bonds is 12. The molecule has 0 spiro atoms. The van der Waals surface area contributed by atoms with Gasteiger partial charge >= 0.3 is 0 Å². The molecule has 5 N–H and O–H groups in total. The van der Waals surface area contributed by atoms with Gasteiger partial charge < -0.3 is 21.5 Å². The van der Waals surface area contributed by atoms with E-state index in [2.05, 4.69) is 15.6 Å². The molecule has 1 aromatic carbocycles. The van der Waals surface area contributed by atoms with E-state index >= 15 is 0 Å². The summed E-state index contributed by atoms with van der Waals surface area (Å²) in [4.78, 5) is 16.9. The molecule has 7 nitrogen and oxygen atoms in total. The van der Waals surface area contributed by atoms with Crippen molar-refractivity contribution in [2.24, 2.45) is 5.73 Å². The van der Waals surface area contributed by atoms with Gasteiger partial charge in [-0.05, 0) is 69.0 Å². The number of pyridine rings is 1. The van der Waals surface area contributed by atoms with Crippen LogP contribution < -0.4 is 16.4 Å². The molecule has 1 atom stereocenters. The Kier molecular flexibility index (Phi) is 8.93. The minimum Gasteiger partial charge on any atom is -0.389 e. The predicted molar refractivity (Wildman–Crippen MR) is 137 cm³/mol. The summed E-state index contributed by atoms with van der Waals surface area (Å²) in [5.74, 6) is 0.0805. The summed E-state index contributed by atoms with van der Waals surface area (Å²) in [7, 11) is 0. The smallest absolute Gasteiger partial charge is 0.207 e. The number of thiophene rings is 1. The third kappa shape index (κ3) is 7.59. The molecule has 1 amide bonds. The number of carbonyl (C=O) groups excluding carboxylic acids is 1. The van der Waals surface area contributed by atoms with Crippen LogP contribution in [0.5, 0.6) is 0 Å². The summed E-state index contributed by atoms with van der Waals surface area (Å²) in [6.45, 7) is 4.38. The first-order valence-electron chi connectivity index (χ1n) is 11.4. The van der Waals surface area contributed by atoms with E-state index in [4.69, 9.17) is 11.0 Å². The quantitative estimate of drug-likeness (QED) is 0.222. The first kappa shape index (κ1) is 26.3. The molecule has 0 fully saturated rings. The number of amides is 1. The Morgan fingerprint density at radius 2 is 2.06 bits per heavy atom. The number of nitriles is 1. The van der Waals surface area contributed by atoms with E-state index in [1.807, 2.05) is 24.3 Å². The van der Waals surface area contributed by atoms with Gasteiger partial charge in [0.2, 0.25) is 6.41 Å². The Morgan fingerprint density at radius 3 is 2.69 bits per heavy atom. The van der Waals surface area contributed by atoms with Crippen molar-refractivity contribution in [2.75, 3.05) is 18.4 Å². The van der Waals surface area contributed by atoms with Crippen LogP contribution in [0, 0.1) is 17.1 Å². The molecule has 1 unspecified atom stereocenters. The Balaban J connectivity index is 1.89. The van der Waals surface area contributed by atoms with Crippen molar-refractivity contribution < 1.29 is 14.3 Å². The maximum Gasteiger partial charge on any atom is 0.207 e. The summed E-state index contributed by atoms with van der Waals surface area (Å²) >= 11 is 1.58. The molecule has 0 saturated carbocycles. The van der Waals surface area contributed by atoms with E-state index in [1.54, 1.807) is 37.4 Å². The number of hydrogen-bond donors (Lipinski definition) is 4. The number of carbonyl (C=O) groups is 1. The zero-order valence-electron chi connectivity index (χ0n) is 19.8. The first-order valence-corrected chi connectivity index (χ1v) is 12.2. The molecule has 9 heteroatoms. The van der Waals surface area contributed by atoms with Crippen molar-refractivity contribution >= 4 is 23.6 Å². The van der Waals surface area contributed by atoms with E-state index in [1.165, 1.54) is 12.1 Å². The number of hydrogen-bond acceptors (Lipinski definition) is 7. The average Bonchev–Trinajstić information content (AvgIpc) is 3.24. The van der Waals surface area contributed by atoms with Crippen molar-refractivity contribution in [1.29, 1.82) is 5.26 Å². The number of halogens is 1. The number of nitrogens with two attached hydrogens (primary N) is 1. The molecule has 0 bridgehead atoms. The van der Waals surface area contributed by atoms with Crippen LogP contribution in [0.4, 0.5) is 10.2 Å². The fourth-order valence-corrected chi connectivity index (χ4v) is 4.83. The highest BCUT2D eigenvalue weighted by atomic mass is 32.1. The molecule has 184 valence electrons. The summed E-state index contributed by atoms with van der Waals surface area (Å²) < 4.78 is 14.4. The lowest BCUT2D eigenvalue weighted by atomic mass is 10.0. The molecule has 2 aromatic heterocycles. The van der Waals surface area contributed by atoms with Crippen molar-refractivity contribution in [1.82, 2.24) is 10.3 Å². The molecular formula is C26H30FN5O2S. The molecule has 0 radical (unpaired) electrons. The van der Waals surface area contributed by atoms with Crippen molar-refractivity contribution in [3.63, 3.8) is 0 Å². The third-order valence-electron chi connectivity index (χ3n) is 5.35. The number of nitrogens with one attached hydrogen (secondary N) is 2. The van der Waals surface area contributed by atoms with Gasteiger partial charge in [0.1, 0.15) is 17.7 Å². The zero-order valence-corrected chi connectivity index (χ0v) is 20.7. The van der Waals surface area contributed by atoms with E-state index < -0.39 is 11.4 Å². The highest BCUT2D eigenvalue weighted by molar-refractivity contribution is 7.16. The highest BCUT2D eigenvalue weighted by Crippen LogP contribution is 2.40. The second-order valence-electron chi connectivity index (χ2n) is 9.04. The second kappa shape index (κ2) is 11.9. The van der Waals surface area contributed by atoms with Crippen LogP contribution in [0.1, 0.15) is 37.1 Å². The fourth-order valence-electron chi connectivity index (χ4n) is 3.57. The number of anilines is 1. The predicted octanol–water partition coefficient (Wildman–Crippen LogP) is 4.07. The van der Waals surface area contributed by atoms with Crippen molar-refractivity contribution in [3.8, 4) is 27.6 Å². The average molecular weight is 496 g/mol. The fraction of sp³-hybridized carbons (Fsp3) is 0.346. The lowest BCUT2D eigenvalue weighted by Gasteiger charge is -2.18. The SMILES string of the molecule is CC(C)(O)CNc1ccc(-c2sc(CC(N)CCCNC=O)cc2-c2ccc(C#N)c(F)c2)cn1. The van der Waals surface area contributed by atoms with Crippen LogP contribution in [0.2, 0.25) is 0 Å². The summed E-state index contributed by atoms with van der Waals surface area (Å²) in [5.41, 5.74) is 7.86. The van der Waals surface area contributed by atoms with Crippen LogP contribution in [-0.2, 0) is 11.2 Å². The Morgan fingerprint density at radius 1 is 1.29 bits per heavy atom. The van der Waals surface area contributed by atoms with E-state index in [0.29, 0.717) is 37.3 Å². The molecule has 3 aromatic rings. The number of aromatic nitrogens is 1. The molecular weight excluding hydrogens is 465 g/mol. The van der Waals surface area contributed by atoms with Gasteiger partial charge in [-0.3, -0.25) is 4.79 Å². The second-order valence-corrected chi connectivity index (χ2v) is 10.2. The van der Waals surface area contributed by atoms with Gasteiger partial charge in [0.25, 0.3) is 0 Å². The van der Waals surface area contributed by atoms with Crippen LogP contribution in [0.3, 0.4) is 0 Å². The minimum absolute atomic E-state index is 0.000565. The molecule has 35 heavy (non-hydrogen) atoms. The largest absolute Gasteiger partial charge is 0.389 e. The van der Waals surface area contributed by atoms with E-state index in [0.717, 1.165) is 33.7 Å². The Labute approximate surface area is 208 Å². The van der Waals surface area contributed by atoms with Crippen LogP contribution in [0.25, 0.3) is 21.6 Å². The molecule has 3 rings (SSSR count). The summed E-state index contributed by atoms with van der Waals surface area (Å²) in [6.07, 6.45) is 4.62. The summed E-state index contributed by atoms with van der Waals surface area (Å²) in [6, 6.07) is 12.2. The zero-order chi connectivity index (χ0) is 25.4. The maximum absolute atomic E-state index is 14.4. The molecule has 0 aliphatic heterocycles. The van der Waals surface area contributed by atoms with Crippen molar-refractivity contribution in [3.05, 3.63) is 58.9 Å². The van der Waals surface area contributed by atoms with E-state index in [9.17, 15) is 14.3 Å². The molecule has 0 saturated heterocycles. The maximum atomic E-state index is 14.4. The normalized spacial score (nSPS) is 12.1. The Bertz CT molecular complexity index is 1180. The number of benzene rings is 1. The number of aliphatic hydroxyl groups is 1. The van der Waals surface area contributed by atoms with Gasteiger partial charge in [-0.25, -0.2) is 9.37 Å². The van der Waals surface area contributed by atoms with Crippen LogP contribution in [-0.4, -0.2) is 41.2 Å². The van der Waals surface area contributed by atoms with Gasteiger partial charge in [-0.15, -0.1) is 11.3 Å². The Hall–Kier alpha value is -3.32. The van der Waals surface area contributed by atoms with Crippen LogP contribution in [0.15, 0.2) is 42.6 Å². The molecule has 0 aliphatic rings. The topological polar surface area (TPSA) is 124 Å². The lowest BCUT2D eigenvalue weighted by Crippen LogP contribution is -2.29. The monoisotopic (exact) mass is 495 g/mol. The standard InChI is InChI=1S/C26H30FN5O2S/c1-26(2,34)15-32-24-8-7-19(14-31-24)25-22(17-5-6-18(13-28)23(27)10-17)12-21(35-25)11-20(29)4-3-9-30-16-33/h5-8,10,12,14,16,20,34H,3-4,9,11,15,29H2,1-2H3,(H,30,33)(H,31,32). The third-order valence-corrected chi connectivity index (χ3v) is 6.56. The van der Waals surface area contributed by atoms with Gasteiger partial charge in [0.15, 0.2) is 0 Å². The van der Waals surface area contributed by atoms with Crippen LogP contribution >= 0.6 is 11.3 Å². The first-order chi connectivity index (χ1) is 16.7. The van der Waals surface area contributed by atoms with Gasteiger partial charge in [-0.1, -0.05) is 6.07 Å². The molecule has 0 aliphatic carbocycles. The summed E-state index contributed by atoms with van der Waals surface area (Å²) in [5, 5.41) is 24.8. The molecule has 2 heterocycles. The van der Waals surface area contributed by atoms with Gasteiger partial charge in [0.05, 0.1) is 11.2 Å². The lowest BCUT2D eigenvalue weighted by molar-refractivity contribution is -0.109. The van der Waals surface area contributed by atoms with E-state index in [-0.39, 0.29) is 11.6 Å². The van der Waals surface area contributed by atoms with Gasteiger partial charge in [0, 0.05) is 46.2 Å². The minimum atomic E-state index is -0.863. The highest BCUT2D eigenvalue weighted by Gasteiger charge is 2.17. The number of nitrogens with zero attached hydrogens (tertiary/aromatic N) is 2. The van der Waals surface area contributed by atoms with Crippen molar-refractivity contribution in [2.45, 2.75) is 44.8 Å².